The number of hydrogen-bond donors (Lipinski definition) is 1. The maximum Gasteiger partial charge on any atom is 0.118 e. The number of methoxy groups -OCH3 is 1. The predicted molar refractivity (Wildman–Crippen MR) is 76.6 cm³/mol. The van der Waals surface area contributed by atoms with Crippen LogP contribution in [0, 0.1) is 0 Å². The molecule has 106 valence electrons. The molecule has 1 heterocycles. The molecular weight excluding hydrogens is 254 g/mol. The molecule has 0 saturated carbocycles. The average molecular weight is 273 g/mol. The summed E-state index contributed by atoms with van der Waals surface area (Å²) in [6, 6.07) is 13.3. The van der Waals surface area contributed by atoms with E-state index in [2.05, 4.69) is 4.98 Å². The van der Waals surface area contributed by atoms with Crippen molar-refractivity contribution in [3.63, 3.8) is 0 Å². The summed E-state index contributed by atoms with van der Waals surface area (Å²) >= 11 is 0. The molecule has 0 aliphatic rings. The lowest BCUT2D eigenvalue weighted by Crippen LogP contribution is -2.18. The van der Waals surface area contributed by atoms with E-state index < -0.39 is 6.10 Å². The lowest BCUT2D eigenvalue weighted by molar-refractivity contribution is 0.0284. The minimum atomic E-state index is -0.539. The van der Waals surface area contributed by atoms with Gasteiger partial charge in [-0.1, -0.05) is 18.2 Å². The summed E-state index contributed by atoms with van der Waals surface area (Å²) in [5, 5.41) is 9.88. The number of hydrogen-bond acceptors (Lipinski definition) is 4. The molecule has 1 aromatic carbocycles. The number of aliphatic hydroxyl groups is 1. The molecule has 2 rings (SSSR count). The molecule has 1 atom stereocenters. The van der Waals surface area contributed by atoms with Crippen molar-refractivity contribution < 1.29 is 14.6 Å². The Balaban J connectivity index is 1.72. The van der Waals surface area contributed by atoms with E-state index in [-0.39, 0.29) is 0 Å². The molecule has 4 heteroatoms. The molecule has 0 bridgehead atoms. The van der Waals surface area contributed by atoms with Crippen LogP contribution in [0.25, 0.3) is 0 Å². The van der Waals surface area contributed by atoms with Crippen molar-refractivity contribution in [2.24, 2.45) is 0 Å². The number of benzene rings is 1. The minimum absolute atomic E-state index is 0.294. The van der Waals surface area contributed by atoms with Gasteiger partial charge in [0, 0.05) is 18.3 Å². The van der Waals surface area contributed by atoms with Crippen LogP contribution < -0.4 is 4.74 Å². The highest BCUT2D eigenvalue weighted by atomic mass is 16.5. The van der Waals surface area contributed by atoms with Crippen molar-refractivity contribution >= 4 is 0 Å². The lowest BCUT2D eigenvalue weighted by atomic mass is 10.2. The van der Waals surface area contributed by atoms with E-state index in [1.54, 1.807) is 13.3 Å². The zero-order valence-corrected chi connectivity index (χ0v) is 11.5. The van der Waals surface area contributed by atoms with Crippen LogP contribution in [0.1, 0.15) is 11.3 Å². The maximum atomic E-state index is 9.88. The Morgan fingerprint density at radius 2 is 1.95 bits per heavy atom. The second-order valence-electron chi connectivity index (χ2n) is 4.54. The summed E-state index contributed by atoms with van der Waals surface area (Å²) in [5.74, 6) is 0.823. The molecule has 0 spiro atoms. The largest absolute Gasteiger partial charge is 0.497 e. The first kappa shape index (κ1) is 14.5. The first-order valence-electron chi connectivity index (χ1n) is 6.56. The molecule has 0 aliphatic carbocycles. The Morgan fingerprint density at radius 3 is 2.60 bits per heavy atom. The normalized spacial score (nSPS) is 12.1. The Labute approximate surface area is 119 Å². The van der Waals surface area contributed by atoms with E-state index in [0.717, 1.165) is 17.0 Å². The van der Waals surface area contributed by atoms with E-state index in [4.69, 9.17) is 9.47 Å². The smallest absolute Gasteiger partial charge is 0.118 e. The van der Waals surface area contributed by atoms with E-state index in [1.807, 2.05) is 42.5 Å². The Kier molecular flexibility index (Phi) is 5.53. The van der Waals surface area contributed by atoms with Crippen LogP contribution in [0.5, 0.6) is 5.75 Å². The van der Waals surface area contributed by atoms with Crippen molar-refractivity contribution in [3.05, 3.63) is 59.9 Å². The SMILES string of the molecule is COc1ccc(COCC(O)Cc2ccccn2)cc1. The molecule has 1 aromatic heterocycles. The first-order chi connectivity index (χ1) is 9.78. The lowest BCUT2D eigenvalue weighted by Gasteiger charge is -2.11. The molecule has 20 heavy (non-hydrogen) atoms. The fourth-order valence-electron chi connectivity index (χ4n) is 1.85. The van der Waals surface area contributed by atoms with E-state index >= 15 is 0 Å². The van der Waals surface area contributed by atoms with Crippen LogP contribution in [0.15, 0.2) is 48.7 Å². The zero-order chi connectivity index (χ0) is 14.2. The summed E-state index contributed by atoms with van der Waals surface area (Å²) in [6.45, 7) is 0.770. The second-order valence-corrected chi connectivity index (χ2v) is 4.54. The molecule has 0 aliphatic heterocycles. The van der Waals surface area contributed by atoms with Gasteiger partial charge in [-0.15, -0.1) is 0 Å². The van der Waals surface area contributed by atoms with Crippen LogP contribution in [0.3, 0.4) is 0 Å². The third kappa shape index (κ3) is 4.64. The molecule has 0 radical (unpaired) electrons. The number of ether oxygens (including phenoxy) is 2. The average Bonchev–Trinajstić information content (AvgIpc) is 2.49. The second kappa shape index (κ2) is 7.62. The molecule has 0 fully saturated rings. The van der Waals surface area contributed by atoms with Gasteiger partial charge in [0.2, 0.25) is 0 Å². The van der Waals surface area contributed by atoms with Crippen molar-refractivity contribution in [1.29, 1.82) is 0 Å². The molecule has 2 aromatic rings. The molecule has 1 unspecified atom stereocenters. The van der Waals surface area contributed by atoms with Crippen LogP contribution in [-0.2, 0) is 17.8 Å². The highest BCUT2D eigenvalue weighted by Crippen LogP contribution is 2.12. The molecular formula is C16H19NO3. The number of nitrogens with zero attached hydrogens (tertiary/aromatic N) is 1. The fraction of sp³-hybridized carbons (Fsp3) is 0.312. The van der Waals surface area contributed by atoms with E-state index in [1.165, 1.54) is 0 Å². The standard InChI is InChI=1S/C16H19NO3/c1-19-16-7-5-13(6-8-16)11-20-12-15(18)10-14-4-2-3-9-17-14/h2-9,15,18H,10-12H2,1H3. The van der Waals surface area contributed by atoms with Crippen LogP contribution in [-0.4, -0.2) is 29.9 Å². The molecule has 4 nitrogen and oxygen atoms in total. The molecule has 0 saturated heterocycles. The highest BCUT2D eigenvalue weighted by Gasteiger charge is 2.06. The Morgan fingerprint density at radius 1 is 1.15 bits per heavy atom. The van der Waals surface area contributed by atoms with Crippen LogP contribution in [0.2, 0.25) is 0 Å². The van der Waals surface area contributed by atoms with Gasteiger partial charge in [0.05, 0.1) is 26.4 Å². The highest BCUT2D eigenvalue weighted by molar-refractivity contribution is 5.26. The third-order valence-electron chi connectivity index (χ3n) is 2.91. The van der Waals surface area contributed by atoms with Crippen molar-refractivity contribution in [2.75, 3.05) is 13.7 Å². The number of aromatic nitrogens is 1. The Bertz CT molecular complexity index is 499. The Hall–Kier alpha value is -1.91. The third-order valence-corrected chi connectivity index (χ3v) is 2.91. The van der Waals surface area contributed by atoms with Crippen molar-refractivity contribution in [3.8, 4) is 5.75 Å². The summed E-state index contributed by atoms with van der Waals surface area (Å²) in [4.78, 5) is 4.17. The van der Waals surface area contributed by atoms with Gasteiger partial charge in [0.1, 0.15) is 5.75 Å². The van der Waals surface area contributed by atoms with Gasteiger partial charge in [-0.05, 0) is 29.8 Å². The number of aliphatic hydroxyl groups excluding tert-OH is 1. The maximum absolute atomic E-state index is 9.88. The summed E-state index contributed by atoms with van der Waals surface area (Å²) in [7, 11) is 1.64. The van der Waals surface area contributed by atoms with Gasteiger partial charge >= 0.3 is 0 Å². The molecule has 0 amide bonds. The topological polar surface area (TPSA) is 51.6 Å². The van der Waals surface area contributed by atoms with Crippen LogP contribution in [0.4, 0.5) is 0 Å². The van der Waals surface area contributed by atoms with Gasteiger partial charge in [-0.25, -0.2) is 0 Å². The van der Waals surface area contributed by atoms with Crippen LogP contribution >= 0.6 is 0 Å². The quantitative estimate of drug-likeness (QED) is 0.840. The molecule has 1 N–H and O–H groups in total. The first-order valence-corrected chi connectivity index (χ1v) is 6.56. The van der Waals surface area contributed by atoms with Crippen molar-refractivity contribution in [2.45, 2.75) is 19.1 Å². The van der Waals surface area contributed by atoms with Gasteiger partial charge in [0.25, 0.3) is 0 Å². The number of pyridine rings is 1. The summed E-state index contributed by atoms with van der Waals surface area (Å²) in [5.41, 5.74) is 1.92. The van der Waals surface area contributed by atoms with E-state index in [9.17, 15) is 5.11 Å². The predicted octanol–water partition coefficient (Wildman–Crippen LogP) is 2.21. The van der Waals surface area contributed by atoms with E-state index in [0.29, 0.717) is 19.6 Å². The van der Waals surface area contributed by atoms with Crippen molar-refractivity contribution in [1.82, 2.24) is 4.98 Å². The number of rotatable bonds is 7. The van der Waals surface area contributed by atoms with Gasteiger partial charge in [-0.3, -0.25) is 4.98 Å². The fourth-order valence-corrected chi connectivity index (χ4v) is 1.85. The van der Waals surface area contributed by atoms with Gasteiger partial charge in [-0.2, -0.15) is 0 Å². The zero-order valence-electron chi connectivity index (χ0n) is 11.5. The summed E-state index contributed by atoms with van der Waals surface area (Å²) in [6.07, 6.45) is 1.69. The monoisotopic (exact) mass is 273 g/mol. The minimum Gasteiger partial charge on any atom is -0.497 e. The van der Waals surface area contributed by atoms with Gasteiger partial charge < -0.3 is 14.6 Å². The summed E-state index contributed by atoms with van der Waals surface area (Å²) < 4.78 is 10.6. The van der Waals surface area contributed by atoms with Gasteiger partial charge in [0.15, 0.2) is 0 Å².